The first-order chi connectivity index (χ1) is 14.2. The lowest BCUT2D eigenvalue weighted by Crippen LogP contribution is -2.16. The second-order valence-electron chi connectivity index (χ2n) is 6.07. The Hall–Kier alpha value is -3.73. The van der Waals surface area contributed by atoms with Gasteiger partial charge in [0.15, 0.2) is 0 Å². The summed E-state index contributed by atoms with van der Waals surface area (Å²) in [5.41, 5.74) is 0.453. The first-order valence-corrected chi connectivity index (χ1v) is 9.93. The molecule has 11 heteroatoms. The number of nitrogens with zero attached hydrogens (tertiary/aromatic N) is 1. The second-order valence-corrected chi connectivity index (χ2v) is 7.72. The van der Waals surface area contributed by atoms with E-state index in [2.05, 4.69) is 19.9 Å². The van der Waals surface area contributed by atoms with Gasteiger partial charge in [-0.2, -0.15) is 0 Å². The maximum absolute atomic E-state index is 14.1. The van der Waals surface area contributed by atoms with Crippen LogP contribution in [-0.4, -0.2) is 32.6 Å². The Labute approximate surface area is 170 Å². The minimum Gasteiger partial charge on any atom is -0.465 e. The number of halogens is 1. The first kappa shape index (κ1) is 21.0. The van der Waals surface area contributed by atoms with Crippen LogP contribution in [-0.2, 0) is 14.8 Å². The van der Waals surface area contributed by atoms with E-state index >= 15 is 0 Å². The molecule has 156 valence electrons. The minimum atomic E-state index is -4.37. The molecule has 2 N–H and O–H groups in total. The summed E-state index contributed by atoms with van der Waals surface area (Å²) in [6.07, 6.45) is 1.26. The zero-order valence-corrected chi connectivity index (χ0v) is 16.6. The number of sulfonamides is 1. The van der Waals surface area contributed by atoms with Crippen molar-refractivity contribution in [2.45, 2.75) is 11.8 Å². The molecular weight excluding hydrogens is 417 g/mol. The monoisotopic (exact) mass is 433 g/mol. The Balaban J connectivity index is 1.84. The number of methoxy groups -OCH3 is 1. The van der Waals surface area contributed by atoms with E-state index in [9.17, 15) is 22.4 Å². The van der Waals surface area contributed by atoms with Crippen molar-refractivity contribution in [3.05, 3.63) is 71.4 Å². The van der Waals surface area contributed by atoms with Crippen LogP contribution in [0, 0.1) is 12.7 Å². The molecule has 1 heterocycles. The summed E-state index contributed by atoms with van der Waals surface area (Å²) in [5, 5.41) is 6.11. The molecule has 0 aliphatic heterocycles. The average Bonchev–Trinajstić information content (AvgIpc) is 3.13. The van der Waals surface area contributed by atoms with E-state index in [0.29, 0.717) is 5.76 Å². The van der Waals surface area contributed by atoms with Gasteiger partial charge in [-0.25, -0.2) is 17.6 Å². The number of hydrogen-bond acceptors (Lipinski definition) is 7. The van der Waals surface area contributed by atoms with Crippen molar-refractivity contribution in [2.75, 3.05) is 17.1 Å². The molecule has 0 saturated carbocycles. The van der Waals surface area contributed by atoms with Crippen LogP contribution in [0.2, 0.25) is 0 Å². The van der Waals surface area contributed by atoms with Crippen molar-refractivity contribution < 1.29 is 31.7 Å². The zero-order valence-electron chi connectivity index (χ0n) is 15.8. The molecule has 30 heavy (non-hydrogen) atoms. The summed E-state index contributed by atoms with van der Waals surface area (Å²) in [6, 6.07) is 8.65. The highest BCUT2D eigenvalue weighted by Gasteiger charge is 2.22. The number of anilines is 2. The number of benzene rings is 2. The van der Waals surface area contributed by atoms with Gasteiger partial charge in [0.25, 0.3) is 15.9 Å². The van der Waals surface area contributed by atoms with Gasteiger partial charge < -0.3 is 14.6 Å². The Morgan fingerprint density at radius 2 is 1.87 bits per heavy atom. The van der Waals surface area contributed by atoms with E-state index in [1.165, 1.54) is 30.5 Å². The molecule has 9 nitrogen and oxygen atoms in total. The number of esters is 1. The lowest BCUT2D eigenvalue weighted by molar-refractivity contribution is 0.0600. The number of carbonyl (C=O) groups is 2. The molecule has 1 amide bonds. The highest BCUT2D eigenvalue weighted by atomic mass is 32.2. The van der Waals surface area contributed by atoms with E-state index in [4.69, 9.17) is 4.52 Å². The number of hydrogen-bond donors (Lipinski definition) is 2. The predicted octanol–water partition coefficient (Wildman–Crippen LogP) is 2.96. The van der Waals surface area contributed by atoms with Gasteiger partial charge in [0.2, 0.25) is 0 Å². The second kappa shape index (κ2) is 8.33. The van der Waals surface area contributed by atoms with Crippen molar-refractivity contribution in [3.63, 3.8) is 0 Å². The van der Waals surface area contributed by atoms with E-state index in [1.807, 2.05) is 0 Å². The van der Waals surface area contributed by atoms with Crippen LogP contribution in [0.5, 0.6) is 0 Å². The quantitative estimate of drug-likeness (QED) is 0.572. The fourth-order valence-corrected chi connectivity index (χ4v) is 3.69. The molecule has 0 spiro atoms. The van der Waals surface area contributed by atoms with E-state index < -0.39 is 32.6 Å². The molecule has 0 aliphatic carbocycles. The molecule has 0 aliphatic rings. The number of amides is 1. The number of aromatic nitrogens is 1. The SMILES string of the molecule is COC(=O)c1ccc(F)c(S(=O)(=O)Nc2cccc(NC(=O)c3cnoc3C)c2)c1. The zero-order chi connectivity index (χ0) is 21.9. The number of nitrogens with one attached hydrogen (secondary N) is 2. The summed E-state index contributed by atoms with van der Waals surface area (Å²) in [6.45, 7) is 1.57. The van der Waals surface area contributed by atoms with Gasteiger partial charge in [-0.05, 0) is 43.3 Å². The minimum absolute atomic E-state index is 0.0673. The van der Waals surface area contributed by atoms with Crippen molar-refractivity contribution in [2.24, 2.45) is 0 Å². The number of rotatable bonds is 6. The third-order valence-electron chi connectivity index (χ3n) is 4.01. The molecule has 0 saturated heterocycles. The van der Waals surface area contributed by atoms with Gasteiger partial charge >= 0.3 is 5.97 Å². The molecule has 0 bridgehead atoms. The topological polar surface area (TPSA) is 128 Å². The summed E-state index contributed by atoms with van der Waals surface area (Å²) in [4.78, 5) is 23.1. The highest BCUT2D eigenvalue weighted by Crippen LogP contribution is 2.23. The van der Waals surface area contributed by atoms with Gasteiger partial charge in [-0.15, -0.1) is 0 Å². The summed E-state index contributed by atoms with van der Waals surface area (Å²) >= 11 is 0. The lowest BCUT2D eigenvalue weighted by atomic mass is 10.2. The van der Waals surface area contributed by atoms with Gasteiger partial charge in [0.1, 0.15) is 22.0 Å². The van der Waals surface area contributed by atoms with Gasteiger partial charge in [-0.3, -0.25) is 9.52 Å². The number of aryl methyl sites for hydroxylation is 1. The molecule has 0 unspecified atom stereocenters. The van der Waals surface area contributed by atoms with Crippen LogP contribution in [0.15, 0.2) is 58.1 Å². The van der Waals surface area contributed by atoms with Crippen LogP contribution in [0.25, 0.3) is 0 Å². The maximum Gasteiger partial charge on any atom is 0.337 e. The van der Waals surface area contributed by atoms with E-state index in [1.54, 1.807) is 6.92 Å². The third-order valence-corrected chi connectivity index (χ3v) is 5.41. The van der Waals surface area contributed by atoms with Crippen molar-refractivity contribution in [1.29, 1.82) is 0 Å². The molecule has 3 rings (SSSR count). The smallest absolute Gasteiger partial charge is 0.337 e. The number of carbonyl (C=O) groups excluding carboxylic acids is 2. The van der Waals surface area contributed by atoms with Crippen LogP contribution >= 0.6 is 0 Å². The molecule has 2 aromatic carbocycles. The lowest BCUT2D eigenvalue weighted by Gasteiger charge is -2.11. The Morgan fingerprint density at radius 3 is 2.53 bits per heavy atom. The van der Waals surface area contributed by atoms with Crippen molar-refractivity contribution in [3.8, 4) is 0 Å². The molecule has 0 radical (unpaired) electrons. The summed E-state index contributed by atoms with van der Waals surface area (Å²) < 4.78 is 51.0. The van der Waals surface area contributed by atoms with Crippen LogP contribution in [0.4, 0.5) is 15.8 Å². The Kier molecular flexibility index (Phi) is 5.83. The van der Waals surface area contributed by atoms with E-state index in [0.717, 1.165) is 25.3 Å². The van der Waals surface area contributed by atoms with Gasteiger partial charge in [0.05, 0.1) is 24.6 Å². The Bertz CT molecular complexity index is 1220. The highest BCUT2D eigenvalue weighted by molar-refractivity contribution is 7.92. The van der Waals surface area contributed by atoms with Crippen LogP contribution in [0.1, 0.15) is 26.5 Å². The summed E-state index contributed by atoms with van der Waals surface area (Å²) in [5.74, 6) is -2.02. The maximum atomic E-state index is 14.1. The Morgan fingerprint density at radius 1 is 1.13 bits per heavy atom. The largest absolute Gasteiger partial charge is 0.465 e. The van der Waals surface area contributed by atoms with Crippen molar-refractivity contribution in [1.82, 2.24) is 5.16 Å². The van der Waals surface area contributed by atoms with Crippen LogP contribution < -0.4 is 10.0 Å². The molecule has 0 atom stereocenters. The average molecular weight is 433 g/mol. The molecular formula is C19H16FN3O6S. The van der Waals surface area contributed by atoms with Gasteiger partial charge in [-0.1, -0.05) is 11.2 Å². The molecule has 3 aromatic rings. The molecule has 1 aromatic heterocycles. The van der Waals surface area contributed by atoms with Crippen molar-refractivity contribution >= 4 is 33.3 Å². The number of ether oxygens (including phenoxy) is 1. The third kappa shape index (κ3) is 4.46. The first-order valence-electron chi connectivity index (χ1n) is 8.44. The molecule has 0 fully saturated rings. The predicted molar refractivity (Wildman–Crippen MR) is 104 cm³/mol. The standard InChI is InChI=1S/C19H16FN3O6S/c1-11-15(10-21-29-11)18(24)22-13-4-3-5-14(9-13)23-30(26,27)17-8-12(19(25)28-2)6-7-16(17)20/h3-10,23H,1-2H3,(H,22,24). The fourth-order valence-electron chi connectivity index (χ4n) is 2.54. The normalized spacial score (nSPS) is 11.0. The fraction of sp³-hybridized carbons (Fsp3) is 0.105. The van der Waals surface area contributed by atoms with Crippen LogP contribution in [0.3, 0.4) is 0 Å². The van der Waals surface area contributed by atoms with Gasteiger partial charge in [0, 0.05) is 5.69 Å². The summed E-state index contributed by atoms with van der Waals surface area (Å²) in [7, 11) is -3.25. The van der Waals surface area contributed by atoms with E-state index in [-0.39, 0.29) is 22.5 Å².